The van der Waals surface area contributed by atoms with Gasteiger partial charge in [0, 0.05) is 51.0 Å². The summed E-state index contributed by atoms with van der Waals surface area (Å²) < 4.78 is 0. The Morgan fingerprint density at radius 3 is 2.22 bits per heavy atom. The second-order valence-corrected chi connectivity index (χ2v) is 7.38. The Kier molecular flexibility index (Phi) is 6.87. The normalized spacial score (nSPS) is 18.0. The molecular weight excluding hydrogens is 340 g/mol. The predicted octanol–water partition coefficient (Wildman–Crippen LogP) is 3.69. The number of urea groups is 1. The van der Waals surface area contributed by atoms with E-state index in [1.54, 1.807) is 29.8 Å². The minimum atomic E-state index is -0.107. The molecule has 27 heavy (non-hydrogen) atoms. The van der Waals surface area contributed by atoms with Crippen molar-refractivity contribution in [1.29, 1.82) is 0 Å². The largest absolute Gasteiger partial charge is 0.326 e. The predicted molar refractivity (Wildman–Crippen MR) is 109 cm³/mol. The summed E-state index contributed by atoms with van der Waals surface area (Å²) in [6.07, 6.45) is 8.79. The second-order valence-electron chi connectivity index (χ2n) is 7.38. The van der Waals surface area contributed by atoms with Gasteiger partial charge in [-0.1, -0.05) is 11.6 Å². The van der Waals surface area contributed by atoms with E-state index < -0.39 is 0 Å². The number of allylic oxidation sites excluding steroid dienone is 1. The van der Waals surface area contributed by atoms with Gasteiger partial charge >= 0.3 is 6.03 Å². The third kappa shape index (κ3) is 6.10. The highest BCUT2D eigenvalue weighted by Crippen LogP contribution is 2.20. The van der Waals surface area contributed by atoms with Gasteiger partial charge in [0.15, 0.2) is 0 Å². The first-order valence-electron chi connectivity index (χ1n) is 9.94. The smallest absolute Gasteiger partial charge is 0.321 e. The number of carbonyl (C=O) groups excluding carboxylic acids is 2. The van der Waals surface area contributed by atoms with E-state index in [0.29, 0.717) is 0 Å². The van der Waals surface area contributed by atoms with E-state index in [0.717, 1.165) is 44.1 Å². The molecule has 0 bridgehead atoms. The van der Waals surface area contributed by atoms with E-state index >= 15 is 0 Å². The molecular formula is C21H30N4O2. The van der Waals surface area contributed by atoms with Gasteiger partial charge in [-0.05, 0) is 56.4 Å². The topological polar surface area (TPSA) is 64.7 Å². The fourth-order valence-electron chi connectivity index (χ4n) is 3.65. The van der Waals surface area contributed by atoms with Crippen LogP contribution in [0.4, 0.5) is 16.2 Å². The minimum absolute atomic E-state index is 0.0584. The lowest BCUT2D eigenvalue weighted by molar-refractivity contribution is -0.114. The molecule has 0 unspecified atom stereocenters. The van der Waals surface area contributed by atoms with Crippen LogP contribution in [0.15, 0.2) is 35.9 Å². The molecule has 146 valence electrons. The molecule has 3 amide bonds. The molecule has 2 N–H and O–H groups in total. The van der Waals surface area contributed by atoms with Crippen LogP contribution in [0.5, 0.6) is 0 Å². The van der Waals surface area contributed by atoms with Crippen LogP contribution < -0.4 is 10.6 Å². The molecule has 6 nitrogen and oxygen atoms in total. The molecule has 1 fully saturated rings. The minimum Gasteiger partial charge on any atom is -0.326 e. The lowest BCUT2D eigenvalue weighted by Gasteiger charge is -2.35. The number of hydrogen-bond donors (Lipinski definition) is 2. The van der Waals surface area contributed by atoms with E-state index in [9.17, 15) is 9.59 Å². The molecule has 2 aliphatic rings. The standard InChI is InChI=1S/C21H30N4O2/c1-17(26)22-19-7-9-20(10-8-19)23-21(27)25-15-13-24(14-16-25)12-11-18-5-3-2-4-6-18/h5,7-10H,2-4,6,11-16H2,1H3,(H,22,26)(H,23,27). The zero-order valence-corrected chi connectivity index (χ0v) is 16.2. The molecule has 1 aromatic carbocycles. The summed E-state index contributed by atoms with van der Waals surface area (Å²) in [7, 11) is 0. The van der Waals surface area contributed by atoms with Crippen molar-refractivity contribution in [2.75, 3.05) is 43.4 Å². The molecule has 1 aliphatic carbocycles. The number of nitrogens with zero attached hydrogens (tertiary/aromatic N) is 2. The Morgan fingerprint density at radius 2 is 1.63 bits per heavy atom. The molecule has 0 spiro atoms. The van der Waals surface area contributed by atoms with Crippen LogP contribution in [0.1, 0.15) is 39.0 Å². The van der Waals surface area contributed by atoms with Crippen molar-refractivity contribution in [3.05, 3.63) is 35.9 Å². The highest BCUT2D eigenvalue weighted by molar-refractivity contribution is 5.91. The van der Waals surface area contributed by atoms with Gasteiger partial charge in [-0.2, -0.15) is 0 Å². The summed E-state index contributed by atoms with van der Waals surface area (Å²) in [4.78, 5) is 27.8. The average molecular weight is 370 g/mol. The summed E-state index contributed by atoms with van der Waals surface area (Å²) in [5, 5.41) is 5.65. The van der Waals surface area contributed by atoms with Gasteiger partial charge in [0.05, 0.1) is 0 Å². The van der Waals surface area contributed by atoms with Crippen LogP contribution in [0.3, 0.4) is 0 Å². The van der Waals surface area contributed by atoms with Gasteiger partial charge in [0.1, 0.15) is 0 Å². The Labute approximate surface area is 161 Å². The summed E-state index contributed by atoms with van der Waals surface area (Å²) in [5.41, 5.74) is 3.08. The summed E-state index contributed by atoms with van der Waals surface area (Å²) in [6, 6.07) is 7.12. The van der Waals surface area contributed by atoms with Crippen molar-refractivity contribution in [1.82, 2.24) is 9.80 Å². The quantitative estimate of drug-likeness (QED) is 0.777. The fourth-order valence-corrected chi connectivity index (χ4v) is 3.65. The van der Waals surface area contributed by atoms with E-state index in [1.807, 2.05) is 4.90 Å². The Bertz CT molecular complexity index is 676. The highest BCUT2D eigenvalue weighted by Gasteiger charge is 2.21. The van der Waals surface area contributed by atoms with Crippen LogP contribution in [0.2, 0.25) is 0 Å². The molecule has 6 heteroatoms. The highest BCUT2D eigenvalue weighted by atomic mass is 16.2. The van der Waals surface area contributed by atoms with Crippen LogP contribution in [-0.4, -0.2) is 54.5 Å². The summed E-state index contributed by atoms with van der Waals surface area (Å²) >= 11 is 0. The zero-order valence-electron chi connectivity index (χ0n) is 16.2. The maximum absolute atomic E-state index is 12.5. The van der Waals surface area contributed by atoms with Crippen LogP contribution in [0, 0.1) is 0 Å². The van der Waals surface area contributed by atoms with Gasteiger partial charge in [-0.15, -0.1) is 0 Å². The van der Waals surface area contributed by atoms with E-state index in [4.69, 9.17) is 0 Å². The molecule has 1 aromatic rings. The van der Waals surface area contributed by atoms with Gasteiger partial charge in [0.2, 0.25) is 5.91 Å². The van der Waals surface area contributed by atoms with Crippen molar-refractivity contribution in [2.45, 2.75) is 39.0 Å². The SMILES string of the molecule is CC(=O)Nc1ccc(NC(=O)N2CCN(CCC3=CCCCC3)CC2)cc1. The van der Waals surface area contributed by atoms with Crippen molar-refractivity contribution in [2.24, 2.45) is 0 Å². The number of piperazine rings is 1. The molecule has 0 atom stereocenters. The number of hydrogen-bond acceptors (Lipinski definition) is 3. The Balaban J connectivity index is 1.40. The number of nitrogens with one attached hydrogen (secondary N) is 2. The Hall–Kier alpha value is -2.34. The van der Waals surface area contributed by atoms with Crippen LogP contribution >= 0.6 is 0 Å². The van der Waals surface area contributed by atoms with Gasteiger partial charge in [-0.3, -0.25) is 9.69 Å². The molecule has 0 aromatic heterocycles. The number of rotatable bonds is 5. The number of amides is 3. The summed E-state index contributed by atoms with van der Waals surface area (Å²) in [5.74, 6) is -0.107. The molecule has 0 saturated carbocycles. The van der Waals surface area contributed by atoms with Gasteiger partial charge in [-0.25, -0.2) is 4.79 Å². The second kappa shape index (κ2) is 9.55. The monoisotopic (exact) mass is 370 g/mol. The first kappa shape index (κ1) is 19.4. The van der Waals surface area contributed by atoms with E-state index in [-0.39, 0.29) is 11.9 Å². The third-order valence-corrected chi connectivity index (χ3v) is 5.25. The van der Waals surface area contributed by atoms with Crippen LogP contribution in [-0.2, 0) is 4.79 Å². The first-order valence-corrected chi connectivity index (χ1v) is 9.94. The molecule has 3 rings (SSSR count). The average Bonchev–Trinajstić information content (AvgIpc) is 2.69. The molecule has 1 aliphatic heterocycles. The van der Waals surface area contributed by atoms with E-state index in [2.05, 4.69) is 21.6 Å². The third-order valence-electron chi connectivity index (χ3n) is 5.25. The van der Waals surface area contributed by atoms with Gasteiger partial charge in [0.25, 0.3) is 0 Å². The maximum atomic E-state index is 12.5. The molecule has 1 heterocycles. The lowest BCUT2D eigenvalue weighted by Crippen LogP contribution is -2.50. The van der Waals surface area contributed by atoms with Crippen molar-refractivity contribution in [3.63, 3.8) is 0 Å². The summed E-state index contributed by atoms with van der Waals surface area (Å²) in [6.45, 7) is 5.96. The number of anilines is 2. The molecule has 0 radical (unpaired) electrons. The maximum Gasteiger partial charge on any atom is 0.321 e. The number of benzene rings is 1. The van der Waals surface area contributed by atoms with E-state index in [1.165, 1.54) is 39.0 Å². The van der Waals surface area contributed by atoms with Gasteiger partial charge < -0.3 is 15.5 Å². The fraction of sp³-hybridized carbons (Fsp3) is 0.524. The van der Waals surface area contributed by atoms with Crippen molar-refractivity contribution >= 4 is 23.3 Å². The Morgan fingerprint density at radius 1 is 0.963 bits per heavy atom. The number of carbonyl (C=O) groups is 2. The lowest BCUT2D eigenvalue weighted by atomic mass is 9.97. The first-order chi connectivity index (χ1) is 13.1. The van der Waals surface area contributed by atoms with Crippen molar-refractivity contribution in [3.8, 4) is 0 Å². The molecule has 1 saturated heterocycles. The zero-order chi connectivity index (χ0) is 19.1. The van der Waals surface area contributed by atoms with Crippen molar-refractivity contribution < 1.29 is 9.59 Å². The van der Waals surface area contributed by atoms with Crippen LogP contribution in [0.25, 0.3) is 0 Å².